The van der Waals surface area contributed by atoms with E-state index in [9.17, 15) is 9.59 Å². The topological polar surface area (TPSA) is 92.4 Å². The molecule has 1 aromatic heterocycles. The lowest BCUT2D eigenvalue weighted by molar-refractivity contribution is -0.121. The highest BCUT2D eigenvalue weighted by Gasteiger charge is 2.12. The lowest BCUT2D eigenvalue weighted by atomic mass is 10.2. The molecule has 0 fully saturated rings. The predicted molar refractivity (Wildman–Crippen MR) is 99.3 cm³/mol. The van der Waals surface area contributed by atoms with Crippen LogP contribution in [0.5, 0.6) is 5.75 Å². The minimum atomic E-state index is -0.422. The first-order valence-electron chi connectivity index (χ1n) is 7.96. The zero-order valence-corrected chi connectivity index (χ0v) is 15.3. The van der Waals surface area contributed by atoms with Gasteiger partial charge in [0.2, 0.25) is 5.91 Å². The molecule has 0 spiro atoms. The van der Waals surface area contributed by atoms with Gasteiger partial charge in [0.1, 0.15) is 5.75 Å². The summed E-state index contributed by atoms with van der Waals surface area (Å²) in [6.07, 6.45) is 1.06. The van der Waals surface area contributed by atoms with Gasteiger partial charge >= 0.3 is 6.03 Å². The standard InChI is InChI=1S/C17H22N4O3S/c1-4-11(2)18-15(22)9-12-10-25-17(19-12)21-16(23)20-13-7-5-6-8-14(13)24-3/h5-8,10-11H,4,9H2,1-3H3,(H,18,22)(H2,19,20,21,23)/t11-/m0/s1. The van der Waals surface area contributed by atoms with Gasteiger partial charge in [0.15, 0.2) is 5.13 Å². The molecule has 7 nitrogen and oxygen atoms in total. The molecule has 0 aliphatic rings. The highest BCUT2D eigenvalue weighted by molar-refractivity contribution is 7.14. The molecule has 0 aliphatic carbocycles. The molecule has 3 amide bonds. The van der Waals surface area contributed by atoms with Crippen molar-refractivity contribution in [2.24, 2.45) is 0 Å². The third kappa shape index (κ3) is 5.75. The van der Waals surface area contributed by atoms with E-state index in [0.29, 0.717) is 22.3 Å². The van der Waals surface area contributed by atoms with Crippen LogP contribution < -0.4 is 20.7 Å². The molecule has 0 bridgehead atoms. The van der Waals surface area contributed by atoms with Crippen molar-refractivity contribution >= 4 is 34.1 Å². The van der Waals surface area contributed by atoms with Crippen LogP contribution in [0.2, 0.25) is 0 Å². The van der Waals surface area contributed by atoms with E-state index in [4.69, 9.17) is 4.74 Å². The Morgan fingerprint density at radius 3 is 2.76 bits per heavy atom. The first-order valence-corrected chi connectivity index (χ1v) is 8.84. The minimum absolute atomic E-state index is 0.0790. The molecule has 0 saturated heterocycles. The summed E-state index contributed by atoms with van der Waals surface area (Å²) in [6, 6.07) is 6.83. The van der Waals surface area contributed by atoms with Crippen molar-refractivity contribution in [2.75, 3.05) is 17.7 Å². The van der Waals surface area contributed by atoms with Crippen molar-refractivity contribution in [3.63, 3.8) is 0 Å². The molecule has 0 radical (unpaired) electrons. The first-order chi connectivity index (χ1) is 12.0. The molecule has 134 valence electrons. The van der Waals surface area contributed by atoms with Gasteiger partial charge in [-0.05, 0) is 25.5 Å². The van der Waals surface area contributed by atoms with Gasteiger partial charge in [0.25, 0.3) is 0 Å². The van der Waals surface area contributed by atoms with Crippen LogP contribution in [-0.4, -0.2) is 30.1 Å². The number of anilines is 2. The number of methoxy groups -OCH3 is 1. The van der Waals surface area contributed by atoms with Gasteiger partial charge in [-0.2, -0.15) is 0 Å². The van der Waals surface area contributed by atoms with E-state index in [1.165, 1.54) is 18.4 Å². The lowest BCUT2D eigenvalue weighted by Crippen LogP contribution is -2.33. The summed E-state index contributed by atoms with van der Waals surface area (Å²) < 4.78 is 5.19. The summed E-state index contributed by atoms with van der Waals surface area (Å²) in [6.45, 7) is 3.96. The molecule has 2 aromatic rings. The molecule has 2 rings (SSSR count). The Kier molecular flexibility index (Phi) is 6.76. The first kappa shape index (κ1) is 18.7. The van der Waals surface area contributed by atoms with Crippen molar-refractivity contribution in [3.05, 3.63) is 35.3 Å². The van der Waals surface area contributed by atoms with Gasteiger partial charge in [-0.25, -0.2) is 9.78 Å². The van der Waals surface area contributed by atoms with Gasteiger partial charge in [0, 0.05) is 11.4 Å². The maximum absolute atomic E-state index is 12.1. The number of urea groups is 1. The molecule has 1 aromatic carbocycles. The summed E-state index contributed by atoms with van der Waals surface area (Å²) in [7, 11) is 1.54. The Morgan fingerprint density at radius 2 is 2.04 bits per heavy atom. The third-order valence-corrected chi connectivity index (χ3v) is 4.30. The maximum atomic E-state index is 12.1. The molecule has 0 saturated carbocycles. The minimum Gasteiger partial charge on any atom is -0.495 e. The molecule has 1 heterocycles. The van der Waals surface area contributed by atoms with Crippen LogP contribution in [0.4, 0.5) is 15.6 Å². The Balaban J connectivity index is 1.90. The van der Waals surface area contributed by atoms with E-state index in [2.05, 4.69) is 20.9 Å². The van der Waals surface area contributed by atoms with Crippen molar-refractivity contribution < 1.29 is 14.3 Å². The third-order valence-electron chi connectivity index (χ3n) is 3.49. The number of nitrogens with zero attached hydrogens (tertiary/aromatic N) is 1. The van der Waals surface area contributed by atoms with Gasteiger partial charge in [-0.3, -0.25) is 10.1 Å². The number of aromatic nitrogens is 1. The van der Waals surface area contributed by atoms with Crippen LogP contribution in [0.3, 0.4) is 0 Å². The number of thiazole rings is 1. The number of hydrogen-bond donors (Lipinski definition) is 3. The molecular formula is C17H22N4O3S. The number of hydrogen-bond acceptors (Lipinski definition) is 5. The second kappa shape index (κ2) is 9.03. The Bertz CT molecular complexity index is 732. The van der Waals surface area contributed by atoms with E-state index in [1.807, 2.05) is 19.9 Å². The Morgan fingerprint density at radius 1 is 1.28 bits per heavy atom. The smallest absolute Gasteiger partial charge is 0.325 e. The van der Waals surface area contributed by atoms with Crippen LogP contribution in [0.25, 0.3) is 0 Å². The molecule has 8 heteroatoms. The summed E-state index contributed by atoms with van der Waals surface area (Å²) >= 11 is 1.27. The van der Waals surface area contributed by atoms with E-state index in [0.717, 1.165) is 6.42 Å². The molecule has 1 atom stereocenters. The molecular weight excluding hydrogens is 340 g/mol. The molecule has 0 aliphatic heterocycles. The number of para-hydroxylation sites is 2. The largest absolute Gasteiger partial charge is 0.495 e. The van der Waals surface area contributed by atoms with Gasteiger partial charge in [-0.15, -0.1) is 11.3 Å². The quantitative estimate of drug-likeness (QED) is 0.705. The van der Waals surface area contributed by atoms with Crippen LogP contribution in [0, 0.1) is 0 Å². The SMILES string of the molecule is CC[C@H](C)NC(=O)Cc1csc(NC(=O)Nc2ccccc2OC)n1. The summed E-state index contributed by atoms with van der Waals surface area (Å²) in [5, 5.41) is 10.4. The maximum Gasteiger partial charge on any atom is 0.325 e. The number of carbonyl (C=O) groups excluding carboxylic acids is 2. The number of benzene rings is 1. The number of carbonyl (C=O) groups is 2. The van der Waals surface area contributed by atoms with Crippen LogP contribution >= 0.6 is 11.3 Å². The zero-order valence-electron chi connectivity index (χ0n) is 14.5. The fraction of sp³-hybridized carbons (Fsp3) is 0.353. The predicted octanol–water partition coefficient (Wildman–Crippen LogP) is 3.25. The van der Waals surface area contributed by atoms with Gasteiger partial charge in [-0.1, -0.05) is 19.1 Å². The second-order valence-corrected chi connectivity index (χ2v) is 6.34. The number of nitrogens with one attached hydrogen (secondary N) is 3. The van der Waals surface area contributed by atoms with E-state index in [-0.39, 0.29) is 18.4 Å². The van der Waals surface area contributed by atoms with E-state index >= 15 is 0 Å². The van der Waals surface area contributed by atoms with Crippen molar-refractivity contribution in [3.8, 4) is 5.75 Å². The zero-order chi connectivity index (χ0) is 18.2. The highest BCUT2D eigenvalue weighted by Crippen LogP contribution is 2.23. The summed E-state index contributed by atoms with van der Waals surface area (Å²) in [5.41, 5.74) is 1.19. The molecule has 25 heavy (non-hydrogen) atoms. The fourth-order valence-corrected chi connectivity index (χ4v) is 2.74. The Hall–Kier alpha value is -2.61. The second-order valence-electron chi connectivity index (χ2n) is 5.48. The van der Waals surface area contributed by atoms with Crippen LogP contribution in [0.15, 0.2) is 29.6 Å². The average Bonchev–Trinajstić information content (AvgIpc) is 3.01. The number of rotatable bonds is 7. The van der Waals surface area contributed by atoms with Crippen LogP contribution in [0.1, 0.15) is 26.0 Å². The molecule has 0 unspecified atom stereocenters. The van der Waals surface area contributed by atoms with Gasteiger partial charge < -0.3 is 15.4 Å². The van der Waals surface area contributed by atoms with Crippen LogP contribution in [-0.2, 0) is 11.2 Å². The normalized spacial score (nSPS) is 11.5. The average molecular weight is 362 g/mol. The monoisotopic (exact) mass is 362 g/mol. The van der Waals surface area contributed by atoms with Crippen molar-refractivity contribution in [2.45, 2.75) is 32.7 Å². The number of ether oxygens (including phenoxy) is 1. The summed E-state index contributed by atoms with van der Waals surface area (Å²) in [5.74, 6) is 0.490. The highest BCUT2D eigenvalue weighted by atomic mass is 32.1. The number of amides is 3. The fourth-order valence-electron chi connectivity index (χ4n) is 2.04. The van der Waals surface area contributed by atoms with Crippen molar-refractivity contribution in [1.29, 1.82) is 0 Å². The van der Waals surface area contributed by atoms with Gasteiger partial charge in [0.05, 0.1) is 24.9 Å². The van der Waals surface area contributed by atoms with E-state index in [1.54, 1.807) is 23.6 Å². The molecule has 3 N–H and O–H groups in total. The van der Waals surface area contributed by atoms with Crippen molar-refractivity contribution in [1.82, 2.24) is 10.3 Å². The summed E-state index contributed by atoms with van der Waals surface area (Å²) in [4.78, 5) is 28.2. The Labute approximate surface area is 150 Å². The lowest BCUT2D eigenvalue weighted by Gasteiger charge is -2.10. The van der Waals surface area contributed by atoms with E-state index < -0.39 is 6.03 Å².